The van der Waals surface area contributed by atoms with Gasteiger partial charge in [0.1, 0.15) is 11.5 Å². The highest BCUT2D eigenvalue weighted by molar-refractivity contribution is 6.32. The van der Waals surface area contributed by atoms with Gasteiger partial charge in [0.25, 0.3) is 5.69 Å². The van der Waals surface area contributed by atoms with E-state index in [0.29, 0.717) is 16.3 Å². The molecule has 0 heterocycles. The third-order valence-corrected chi connectivity index (χ3v) is 3.09. The van der Waals surface area contributed by atoms with Gasteiger partial charge in [0, 0.05) is 11.6 Å². The fourth-order valence-corrected chi connectivity index (χ4v) is 1.92. The summed E-state index contributed by atoms with van der Waals surface area (Å²) in [5.41, 5.74) is 0.438. The van der Waals surface area contributed by atoms with Gasteiger partial charge in [-0.3, -0.25) is 10.1 Å². The minimum absolute atomic E-state index is 0.00834. The Labute approximate surface area is 131 Å². The molecule has 0 bridgehead atoms. The summed E-state index contributed by atoms with van der Waals surface area (Å²) in [6, 6.07) is 10.8. The van der Waals surface area contributed by atoms with Crippen molar-refractivity contribution in [2.45, 2.75) is 6.92 Å². The summed E-state index contributed by atoms with van der Waals surface area (Å²) in [7, 11) is 0. The molecule has 114 valence electrons. The summed E-state index contributed by atoms with van der Waals surface area (Å²) < 4.78 is 10.3. The Kier molecular flexibility index (Phi) is 4.95. The van der Waals surface area contributed by atoms with Gasteiger partial charge in [-0.1, -0.05) is 23.7 Å². The lowest BCUT2D eigenvalue weighted by molar-refractivity contribution is -0.385. The van der Waals surface area contributed by atoms with Crippen LogP contribution in [0.15, 0.2) is 42.5 Å². The van der Waals surface area contributed by atoms with Gasteiger partial charge in [0.05, 0.1) is 9.95 Å². The number of para-hydroxylation sites is 1. The molecule has 6 nitrogen and oxygen atoms in total. The summed E-state index contributed by atoms with van der Waals surface area (Å²) in [6.45, 7) is 1.26. The molecule has 0 radical (unpaired) electrons. The predicted octanol–water partition coefficient (Wildman–Crippen LogP) is 3.54. The maximum Gasteiger partial charge on any atom is 0.349 e. The van der Waals surface area contributed by atoms with Crippen molar-refractivity contribution in [3.05, 3.63) is 63.2 Å². The molecule has 0 atom stereocenters. The quantitative estimate of drug-likeness (QED) is 0.364. The molecule has 7 heteroatoms. The molecule has 0 aromatic heterocycles. The SMILES string of the molecule is Cc1cc(OCC(=O)Oc2ccccc2Cl)ccc1[N+](=O)[O-]. The average Bonchev–Trinajstić information content (AvgIpc) is 2.47. The number of nitro benzene ring substituents is 1. The molecule has 0 saturated heterocycles. The summed E-state index contributed by atoms with van der Waals surface area (Å²) in [6.07, 6.45) is 0. The summed E-state index contributed by atoms with van der Waals surface area (Å²) in [5.74, 6) is -0.0269. The maximum absolute atomic E-state index is 11.7. The number of rotatable bonds is 5. The van der Waals surface area contributed by atoms with Crippen LogP contribution in [0.5, 0.6) is 11.5 Å². The lowest BCUT2D eigenvalue weighted by Crippen LogP contribution is -2.17. The van der Waals surface area contributed by atoms with E-state index in [1.165, 1.54) is 18.2 Å². The molecule has 0 aliphatic rings. The molecule has 2 rings (SSSR count). The number of halogens is 1. The van der Waals surface area contributed by atoms with Crippen molar-refractivity contribution in [3.8, 4) is 11.5 Å². The van der Waals surface area contributed by atoms with E-state index in [1.807, 2.05) is 0 Å². The fraction of sp³-hybridized carbons (Fsp3) is 0.133. The average molecular weight is 322 g/mol. The van der Waals surface area contributed by atoms with Crippen LogP contribution in [0.3, 0.4) is 0 Å². The van der Waals surface area contributed by atoms with Crippen LogP contribution in [0.2, 0.25) is 5.02 Å². The van der Waals surface area contributed by atoms with E-state index < -0.39 is 10.9 Å². The van der Waals surface area contributed by atoms with Crippen molar-refractivity contribution in [1.82, 2.24) is 0 Å². The Morgan fingerprint density at radius 1 is 1.27 bits per heavy atom. The third kappa shape index (κ3) is 3.95. The molecule has 0 fully saturated rings. The van der Waals surface area contributed by atoms with Crippen molar-refractivity contribution in [3.63, 3.8) is 0 Å². The van der Waals surface area contributed by atoms with Gasteiger partial charge >= 0.3 is 5.97 Å². The van der Waals surface area contributed by atoms with Crippen LogP contribution in [-0.2, 0) is 4.79 Å². The Balaban J connectivity index is 1.95. The smallest absolute Gasteiger partial charge is 0.349 e. The second-order valence-corrected chi connectivity index (χ2v) is 4.81. The first-order valence-corrected chi connectivity index (χ1v) is 6.68. The first-order valence-electron chi connectivity index (χ1n) is 6.30. The third-order valence-electron chi connectivity index (χ3n) is 2.78. The zero-order valence-corrected chi connectivity index (χ0v) is 12.4. The summed E-state index contributed by atoms with van der Waals surface area (Å²) in [5, 5.41) is 11.0. The molecule has 0 N–H and O–H groups in total. The number of hydrogen-bond acceptors (Lipinski definition) is 5. The van der Waals surface area contributed by atoms with Crippen molar-refractivity contribution in [2.24, 2.45) is 0 Å². The highest BCUT2D eigenvalue weighted by Gasteiger charge is 2.12. The maximum atomic E-state index is 11.7. The zero-order chi connectivity index (χ0) is 16.1. The Morgan fingerprint density at radius 3 is 2.64 bits per heavy atom. The minimum Gasteiger partial charge on any atom is -0.482 e. The predicted molar refractivity (Wildman–Crippen MR) is 80.4 cm³/mol. The number of hydrogen-bond donors (Lipinski definition) is 0. The van der Waals surface area contributed by atoms with Crippen LogP contribution < -0.4 is 9.47 Å². The highest BCUT2D eigenvalue weighted by Crippen LogP contribution is 2.24. The van der Waals surface area contributed by atoms with Gasteiger partial charge in [0.2, 0.25) is 0 Å². The molecule has 0 saturated carbocycles. The lowest BCUT2D eigenvalue weighted by Gasteiger charge is -2.08. The Hall–Kier alpha value is -2.60. The van der Waals surface area contributed by atoms with E-state index in [2.05, 4.69) is 0 Å². The molecule has 0 aliphatic carbocycles. The number of benzene rings is 2. The monoisotopic (exact) mass is 321 g/mol. The first-order chi connectivity index (χ1) is 10.5. The van der Waals surface area contributed by atoms with E-state index >= 15 is 0 Å². The normalized spacial score (nSPS) is 10.1. The van der Waals surface area contributed by atoms with E-state index in [0.717, 1.165) is 0 Å². The van der Waals surface area contributed by atoms with Gasteiger partial charge in [0.15, 0.2) is 6.61 Å². The van der Waals surface area contributed by atoms with Crippen molar-refractivity contribution >= 4 is 23.3 Å². The molecule has 2 aromatic carbocycles. The highest BCUT2D eigenvalue weighted by atomic mass is 35.5. The second-order valence-electron chi connectivity index (χ2n) is 4.40. The Morgan fingerprint density at radius 2 is 2.00 bits per heavy atom. The zero-order valence-electron chi connectivity index (χ0n) is 11.6. The van der Waals surface area contributed by atoms with E-state index in [1.54, 1.807) is 31.2 Å². The minimum atomic E-state index is -0.621. The Bertz CT molecular complexity index is 717. The number of esters is 1. The fourth-order valence-electron chi connectivity index (χ4n) is 1.74. The number of nitro groups is 1. The van der Waals surface area contributed by atoms with E-state index in [-0.39, 0.29) is 18.0 Å². The topological polar surface area (TPSA) is 78.7 Å². The summed E-state index contributed by atoms with van der Waals surface area (Å²) >= 11 is 5.87. The molecular weight excluding hydrogens is 310 g/mol. The molecule has 2 aromatic rings. The lowest BCUT2D eigenvalue weighted by atomic mass is 10.2. The van der Waals surface area contributed by atoms with Gasteiger partial charge in [-0.2, -0.15) is 0 Å². The summed E-state index contributed by atoms with van der Waals surface area (Å²) in [4.78, 5) is 21.9. The van der Waals surface area contributed by atoms with Crippen LogP contribution in [0.1, 0.15) is 5.56 Å². The second kappa shape index (κ2) is 6.91. The number of carbonyl (C=O) groups excluding carboxylic acids is 1. The number of ether oxygens (including phenoxy) is 2. The van der Waals surface area contributed by atoms with Gasteiger partial charge in [-0.05, 0) is 31.2 Å². The standard InChI is InChI=1S/C15H12ClNO5/c1-10-8-11(6-7-13(10)17(19)20)21-9-15(18)22-14-5-3-2-4-12(14)16/h2-8H,9H2,1H3. The number of nitrogens with zero attached hydrogens (tertiary/aromatic N) is 1. The number of aryl methyl sites for hydroxylation is 1. The molecule has 0 aliphatic heterocycles. The molecule has 0 spiro atoms. The molecule has 22 heavy (non-hydrogen) atoms. The van der Waals surface area contributed by atoms with Crippen molar-refractivity contribution < 1.29 is 19.2 Å². The van der Waals surface area contributed by atoms with E-state index in [9.17, 15) is 14.9 Å². The first kappa shape index (κ1) is 15.8. The van der Waals surface area contributed by atoms with Gasteiger partial charge in [-0.15, -0.1) is 0 Å². The van der Waals surface area contributed by atoms with Crippen LogP contribution in [0.4, 0.5) is 5.69 Å². The largest absolute Gasteiger partial charge is 0.482 e. The van der Waals surface area contributed by atoms with Crippen LogP contribution in [0, 0.1) is 17.0 Å². The molecular formula is C15H12ClNO5. The molecule has 0 unspecified atom stereocenters. The van der Waals surface area contributed by atoms with Crippen LogP contribution in [-0.4, -0.2) is 17.5 Å². The van der Waals surface area contributed by atoms with Crippen LogP contribution in [0.25, 0.3) is 0 Å². The van der Waals surface area contributed by atoms with Gasteiger partial charge in [-0.25, -0.2) is 4.79 Å². The van der Waals surface area contributed by atoms with Crippen molar-refractivity contribution in [1.29, 1.82) is 0 Å². The van der Waals surface area contributed by atoms with E-state index in [4.69, 9.17) is 21.1 Å². The van der Waals surface area contributed by atoms with Crippen molar-refractivity contribution in [2.75, 3.05) is 6.61 Å². The van der Waals surface area contributed by atoms with Gasteiger partial charge < -0.3 is 9.47 Å². The van der Waals surface area contributed by atoms with Crippen LogP contribution >= 0.6 is 11.6 Å². The number of carbonyl (C=O) groups is 1. The molecule has 0 amide bonds.